The first-order chi connectivity index (χ1) is 13.8. The van der Waals surface area contributed by atoms with Gasteiger partial charge in [0, 0.05) is 17.8 Å². The van der Waals surface area contributed by atoms with Gasteiger partial charge in [0.05, 0.1) is 21.9 Å². The molecule has 3 rings (SSSR count). The van der Waals surface area contributed by atoms with Crippen LogP contribution in [0.5, 0.6) is 0 Å². The molecular weight excluding hydrogens is 398 g/mol. The SMILES string of the molecule is Cc1cc([N+](=O)[O-])ccc1NC(=O)COC(=O)Cc1nc(-c2cccs2)oc1C. The molecule has 0 saturated heterocycles. The second-order valence-electron chi connectivity index (χ2n) is 6.14. The van der Waals surface area contributed by atoms with Crippen molar-refractivity contribution in [1.29, 1.82) is 0 Å². The number of non-ortho nitro benzene ring substituents is 1. The van der Waals surface area contributed by atoms with Crippen LogP contribution < -0.4 is 5.32 Å². The minimum atomic E-state index is -0.616. The fraction of sp³-hybridized carbons (Fsp3) is 0.211. The lowest BCUT2D eigenvalue weighted by atomic mass is 10.2. The van der Waals surface area contributed by atoms with Crippen LogP contribution in [0.3, 0.4) is 0 Å². The van der Waals surface area contributed by atoms with Gasteiger partial charge in [0.1, 0.15) is 5.76 Å². The van der Waals surface area contributed by atoms with E-state index in [9.17, 15) is 19.7 Å². The topological polar surface area (TPSA) is 125 Å². The van der Waals surface area contributed by atoms with Crippen molar-refractivity contribution in [2.24, 2.45) is 0 Å². The maximum atomic E-state index is 12.0. The van der Waals surface area contributed by atoms with Gasteiger partial charge in [-0.15, -0.1) is 11.3 Å². The Hall–Kier alpha value is -3.53. The molecule has 10 heteroatoms. The molecule has 3 aromatic rings. The summed E-state index contributed by atoms with van der Waals surface area (Å²) in [7, 11) is 0. The van der Waals surface area contributed by atoms with Gasteiger partial charge in [-0.2, -0.15) is 0 Å². The van der Waals surface area contributed by atoms with Crippen molar-refractivity contribution in [2.75, 3.05) is 11.9 Å². The summed E-state index contributed by atoms with van der Waals surface area (Å²) >= 11 is 1.47. The summed E-state index contributed by atoms with van der Waals surface area (Å²) in [5, 5.41) is 15.2. The van der Waals surface area contributed by atoms with Gasteiger partial charge in [-0.25, -0.2) is 4.98 Å². The third-order valence-electron chi connectivity index (χ3n) is 4.00. The van der Waals surface area contributed by atoms with Gasteiger partial charge in [0.15, 0.2) is 6.61 Å². The lowest BCUT2D eigenvalue weighted by molar-refractivity contribution is -0.384. The number of carbonyl (C=O) groups excluding carboxylic acids is 2. The number of hydrogen-bond acceptors (Lipinski definition) is 8. The molecule has 9 nitrogen and oxygen atoms in total. The summed E-state index contributed by atoms with van der Waals surface area (Å²) in [4.78, 5) is 39.5. The van der Waals surface area contributed by atoms with Gasteiger partial charge in [-0.3, -0.25) is 19.7 Å². The lowest BCUT2D eigenvalue weighted by Gasteiger charge is -2.08. The standard InChI is InChI=1S/C19H17N3O6S/c1-11-8-13(22(25)26)5-6-14(11)20-17(23)10-27-18(24)9-15-12(2)28-19(21-15)16-4-3-7-29-16/h3-8H,9-10H2,1-2H3,(H,20,23). The number of ether oxygens (including phenoxy) is 1. The van der Waals surface area contributed by atoms with Gasteiger partial charge in [0.25, 0.3) is 11.6 Å². The number of nitro benzene ring substituents is 1. The van der Waals surface area contributed by atoms with Gasteiger partial charge in [0.2, 0.25) is 5.89 Å². The number of rotatable bonds is 7. The van der Waals surface area contributed by atoms with E-state index in [4.69, 9.17) is 9.15 Å². The Morgan fingerprint density at radius 2 is 2.10 bits per heavy atom. The number of thiophene rings is 1. The van der Waals surface area contributed by atoms with Crippen molar-refractivity contribution in [3.8, 4) is 10.8 Å². The van der Waals surface area contributed by atoms with Crippen LogP contribution in [-0.4, -0.2) is 28.4 Å². The van der Waals surface area contributed by atoms with Crippen molar-refractivity contribution < 1.29 is 23.7 Å². The molecule has 0 unspecified atom stereocenters. The highest BCUT2D eigenvalue weighted by atomic mass is 32.1. The number of nitro groups is 1. The van der Waals surface area contributed by atoms with Gasteiger partial charge in [-0.1, -0.05) is 6.07 Å². The number of amides is 1. The first-order valence-electron chi connectivity index (χ1n) is 8.54. The maximum Gasteiger partial charge on any atom is 0.312 e. The summed E-state index contributed by atoms with van der Waals surface area (Å²) in [6.07, 6.45) is -0.120. The summed E-state index contributed by atoms with van der Waals surface area (Å²) in [5.41, 5.74) is 1.31. The largest absolute Gasteiger partial charge is 0.455 e. The molecule has 29 heavy (non-hydrogen) atoms. The smallest absolute Gasteiger partial charge is 0.312 e. The van der Waals surface area contributed by atoms with Crippen LogP contribution in [-0.2, 0) is 20.7 Å². The van der Waals surface area contributed by atoms with Gasteiger partial charge >= 0.3 is 5.97 Å². The third kappa shape index (κ3) is 5.05. The molecule has 0 atom stereocenters. The number of carbonyl (C=O) groups is 2. The van der Waals surface area contributed by atoms with Crippen LogP contribution in [0.15, 0.2) is 40.1 Å². The molecular formula is C19H17N3O6S. The molecule has 2 aromatic heterocycles. The number of nitrogens with zero attached hydrogens (tertiary/aromatic N) is 2. The Balaban J connectivity index is 1.53. The molecule has 0 spiro atoms. The Morgan fingerprint density at radius 3 is 2.76 bits per heavy atom. The molecule has 0 bridgehead atoms. The molecule has 1 N–H and O–H groups in total. The predicted molar refractivity (Wildman–Crippen MR) is 106 cm³/mol. The van der Waals surface area contributed by atoms with Crippen LogP contribution in [0.25, 0.3) is 10.8 Å². The Bertz CT molecular complexity index is 1060. The number of aromatic nitrogens is 1. The van der Waals surface area contributed by atoms with E-state index >= 15 is 0 Å². The molecule has 0 saturated carbocycles. The number of benzene rings is 1. The van der Waals surface area contributed by atoms with Crippen molar-refractivity contribution >= 4 is 34.6 Å². The normalized spacial score (nSPS) is 10.6. The molecule has 0 aliphatic carbocycles. The molecule has 1 amide bonds. The second kappa shape index (κ2) is 8.65. The minimum Gasteiger partial charge on any atom is -0.455 e. The Morgan fingerprint density at radius 1 is 1.31 bits per heavy atom. The number of hydrogen-bond donors (Lipinski definition) is 1. The number of nitrogens with one attached hydrogen (secondary N) is 1. The van der Waals surface area contributed by atoms with Crippen LogP contribution in [0.2, 0.25) is 0 Å². The minimum absolute atomic E-state index is 0.0724. The quantitative estimate of drug-likeness (QED) is 0.355. The Kier molecular flexibility index (Phi) is 6.03. The van der Waals surface area contributed by atoms with Crippen molar-refractivity contribution in [1.82, 2.24) is 4.98 Å². The molecule has 0 aliphatic rings. The summed E-state index contributed by atoms with van der Waals surface area (Å²) in [5.74, 6) is -0.218. The highest BCUT2D eigenvalue weighted by Crippen LogP contribution is 2.26. The lowest BCUT2D eigenvalue weighted by Crippen LogP contribution is -2.22. The molecule has 0 fully saturated rings. The van der Waals surface area contributed by atoms with E-state index < -0.39 is 23.4 Å². The second-order valence-corrected chi connectivity index (χ2v) is 7.09. The van der Waals surface area contributed by atoms with E-state index in [-0.39, 0.29) is 12.1 Å². The molecule has 1 aromatic carbocycles. The van der Waals surface area contributed by atoms with Crippen molar-refractivity contribution in [3.05, 3.63) is 62.8 Å². The molecule has 2 heterocycles. The molecule has 0 aliphatic heterocycles. The first-order valence-corrected chi connectivity index (χ1v) is 9.42. The van der Waals surface area contributed by atoms with Crippen molar-refractivity contribution in [2.45, 2.75) is 20.3 Å². The predicted octanol–water partition coefficient (Wildman–Crippen LogP) is 3.65. The molecule has 0 radical (unpaired) electrons. The summed E-state index contributed by atoms with van der Waals surface area (Å²) in [6, 6.07) is 7.80. The van der Waals surface area contributed by atoms with E-state index in [1.54, 1.807) is 13.8 Å². The average molecular weight is 415 g/mol. The van der Waals surface area contributed by atoms with Gasteiger partial charge < -0.3 is 14.5 Å². The van der Waals surface area contributed by atoms with E-state index in [0.29, 0.717) is 28.6 Å². The number of aryl methyl sites for hydroxylation is 2. The van der Waals surface area contributed by atoms with Gasteiger partial charge in [-0.05, 0) is 36.9 Å². The number of anilines is 1. The zero-order valence-electron chi connectivity index (χ0n) is 15.6. The van der Waals surface area contributed by atoms with Crippen LogP contribution in [0.4, 0.5) is 11.4 Å². The van der Waals surface area contributed by atoms with Crippen LogP contribution in [0.1, 0.15) is 17.0 Å². The first kappa shape index (κ1) is 20.2. The fourth-order valence-electron chi connectivity index (χ4n) is 2.52. The Labute approximate surface area is 169 Å². The van der Waals surface area contributed by atoms with E-state index in [0.717, 1.165) is 4.88 Å². The molecule has 150 valence electrons. The third-order valence-corrected chi connectivity index (χ3v) is 4.85. The van der Waals surface area contributed by atoms with E-state index in [1.807, 2.05) is 17.5 Å². The number of esters is 1. The summed E-state index contributed by atoms with van der Waals surface area (Å²) in [6.45, 7) is 2.86. The number of oxazole rings is 1. The monoisotopic (exact) mass is 415 g/mol. The van der Waals surface area contributed by atoms with Crippen LogP contribution >= 0.6 is 11.3 Å². The summed E-state index contributed by atoms with van der Waals surface area (Å²) < 4.78 is 10.6. The highest BCUT2D eigenvalue weighted by molar-refractivity contribution is 7.13. The average Bonchev–Trinajstić information content (AvgIpc) is 3.32. The highest BCUT2D eigenvalue weighted by Gasteiger charge is 2.17. The van der Waals surface area contributed by atoms with E-state index in [2.05, 4.69) is 10.3 Å². The maximum absolute atomic E-state index is 12.0. The van der Waals surface area contributed by atoms with E-state index in [1.165, 1.54) is 29.5 Å². The van der Waals surface area contributed by atoms with Crippen LogP contribution in [0, 0.1) is 24.0 Å². The zero-order valence-corrected chi connectivity index (χ0v) is 16.4. The fourth-order valence-corrected chi connectivity index (χ4v) is 3.17. The zero-order chi connectivity index (χ0) is 21.0. The van der Waals surface area contributed by atoms with Crippen molar-refractivity contribution in [3.63, 3.8) is 0 Å².